The van der Waals surface area contributed by atoms with Gasteiger partial charge in [0.15, 0.2) is 9.84 Å². The minimum absolute atomic E-state index is 0.0230. The van der Waals surface area contributed by atoms with Crippen LogP contribution < -0.4 is 10.6 Å². The first-order valence-electron chi connectivity index (χ1n) is 14.9. The molecule has 10 heteroatoms. The van der Waals surface area contributed by atoms with Crippen molar-refractivity contribution in [1.29, 1.82) is 0 Å². The van der Waals surface area contributed by atoms with Crippen molar-refractivity contribution in [3.8, 4) is 0 Å². The third kappa shape index (κ3) is 13.1. The lowest BCUT2D eigenvalue weighted by Gasteiger charge is -2.32. The van der Waals surface area contributed by atoms with E-state index >= 15 is 0 Å². The average Bonchev–Trinajstić information content (AvgIpc) is 2.94. The number of aliphatic hydroxyl groups excluding tert-OH is 2. The average molecular weight is 594 g/mol. The van der Waals surface area contributed by atoms with E-state index in [0.717, 1.165) is 31.2 Å². The molecule has 0 radical (unpaired) electrons. The third-order valence-electron chi connectivity index (χ3n) is 7.88. The van der Waals surface area contributed by atoms with Crippen molar-refractivity contribution >= 4 is 21.7 Å². The Morgan fingerprint density at radius 3 is 2.37 bits per heavy atom. The van der Waals surface area contributed by atoms with E-state index in [1.165, 1.54) is 12.5 Å². The number of amides is 2. The number of aliphatic hydroxyl groups is 2. The van der Waals surface area contributed by atoms with Crippen LogP contribution in [0.1, 0.15) is 57.4 Å². The van der Waals surface area contributed by atoms with Crippen LogP contribution in [0.25, 0.3) is 0 Å². The molecule has 1 saturated carbocycles. The summed E-state index contributed by atoms with van der Waals surface area (Å²) < 4.78 is 25.6. The number of carbonyl (C=O) groups is 2. The van der Waals surface area contributed by atoms with Crippen molar-refractivity contribution in [2.45, 2.75) is 76.5 Å². The van der Waals surface area contributed by atoms with E-state index < -0.39 is 45.8 Å². The first kappa shape index (κ1) is 34.9. The van der Waals surface area contributed by atoms with Gasteiger partial charge in [0, 0.05) is 13.1 Å². The molecule has 1 aliphatic carbocycles. The Kier molecular flexibility index (Phi) is 15.0. The fourth-order valence-electron chi connectivity index (χ4n) is 5.30. The fourth-order valence-corrected chi connectivity index (χ4v) is 6.99. The first-order chi connectivity index (χ1) is 19.4. The number of nitrogens with zero attached hydrogens (tertiary/aromatic N) is 1. The molecule has 1 aromatic carbocycles. The largest absolute Gasteiger partial charge is 0.390 e. The molecule has 9 nitrogen and oxygen atoms in total. The molecule has 0 bridgehead atoms. The summed E-state index contributed by atoms with van der Waals surface area (Å²) in [5, 5.41) is 27.0. The van der Waals surface area contributed by atoms with Gasteiger partial charge in [-0.2, -0.15) is 0 Å². The van der Waals surface area contributed by atoms with Crippen LogP contribution in [0, 0.1) is 17.8 Å². The van der Waals surface area contributed by atoms with E-state index in [2.05, 4.69) is 17.2 Å². The lowest BCUT2D eigenvalue weighted by atomic mass is 9.82. The third-order valence-corrected chi connectivity index (χ3v) is 9.60. The summed E-state index contributed by atoms with van der Waals surface area (Å²) in [6, 6.07) is 8.67. The van der Waals surface area contributed by atoms with E-state index in [0.29, 0.717) is 18.9 Å². The van der Waals surface area contributed by atoms with Gasteiger partial charge in [0.1, 0.15) is 6.10 Å². The number of carbonyl (C=O) groups excluding carboxylic acids is 2. The van der Waals surface area contributed by atoms with E-state index in [9.17, 15) is 28.2 Å². The molecule has 0 heterocycles. The van der Waals surface area contributed by atoms with Crippen molar-refractivity contribution in [2.24, 2.45) is 17.8 Å². The number of benzene rings is 1. The van der Waals surface area contributed by atoms with Gasteiger partial charge in [0.2, 0.25) is 11.8 Å². The van der Waals surface area contributed by atoms with Crippen LogP contribution in [0.5, 0.6) is 0 Å². The first-order valence-corrected chi connectivity index (χ1v) is 16.7. The van der Waals surface area contributed by atoms with Crippen LogP contribution in [0.4, 0.5) is 0 Å². The number of rotatable bonds is 18. The summed E-state index contributed by atoms with van der Waals surface area (Å²) in [5.74, 6) is -2.13. The number of hydrogen-bond acceptors (Lipinski definition) is 7. The van der Waals surface area contributed by atoms with Crippen molar-refractivity contribution in [1.82, 2.24) is 15.5 Å². The second-order valence-electron chi connectivity index (χ2n) is 11.9. The topological polar surface area (TPSA) is 136 Å². The molecular formula is C31H51N3O6S. The molecule has 232 valence electrons. The zero-order valence-electron chi connectivity index (χ0n) is 25.0. The normalized spacial score (nSPS) is 18.2. The Labute approximate surface area is 246 Å². The van der Waals surface area contributed by atoms with Gasteiger partial charge in [-0.15, -0.1) is 6.58 Å². The summed E-state index contributed by atoms with van der Waals surface area (Å²) in [6.07, 6.45) is 5.91. The molecule has 5 atom stereocenters. The predicted molar refractivity (Wildman–Crippen MR) is 163 cm³/mol. The minimum atomic E-state index is -3.49. The van der Waals surface area contributed by atoms with Crippen LogP contribution >= 0.6 is 0 Å². The molecule has 1 fully saturated rings. The summed E-state index contributed by atoms with van der Waals surface area (Å²) in [7, 11) is 0.112. The lowest BCUT2D eigenvalue weighted by molar-refractivity contribution is -0.128. The summed E-state index contributed by atoms with van der Waals surface area (Å²) in [5.41, 5.74) is 0.860. The van der Waals surface area contributed by atoms with Crippen molar-refractivity contribution in [3.05, 3.63) is 48.6 Å². The monoisotopic (exact) mass is 593 g/mol. The summed E-state index contributed by atoms with van der Waals surface area (Å²) >= 11 is 0. The summed E-state index contributed by atoms with van der Waals surface area (Å²) in [6.45, 7) is 5.70. The molecular weight excluding hydrogens is 542 g/mol. The van der Waals surface area contributed by atoms with E-state index in [4.69, 9.17) is 0 Å². The van der Waals surface area contributed by atoms with Gasteiger partial charge < -0.3 is 25.7 Å². The standard InChI is InChI=1S/C31H51N3O6S/c1-5-12-28(35)29(36)27(20-25-15-10-7-11-16-25)33-30(37)23(2)21-32-31(38)26(19-24-13-8-6-9-14-24)22-41(39,40)18-17-34(3)4/h5-6,8-9,13-14,23,25-29,35-36H,1,7,10-12,15-22H2,2-4H3,(H,32,38)(H,33,37). The van der Waals surface area contributed by atoms with Crippen LogP contribution in [-0.2, 0) is 25.8 Å². The van der Waals surface area contributed by atoms with Gasteiger partial charge in [-0.3, -0.25) is 9.59 Å². The molecule has 1 aromatic rings. The molecule has 1 aliphatic rings. The molecule has 0 aliphatic heterocycles. The van der Waals surface area contributed by atoms with Crippen molar-refractivity contribution in [2.75, 3.05) is 38.7 Å². The SMILES string of the molecule is C=CCC(O)C(O)C(CC1CCCCC1)NC(=O)C(C)CNC(=O)C(Cc1ccccc1)CS(=O)(=O)CCN(C)C. The maximum absolute atomic E-state index is 13.2. The zero-order valence-corrected chi connectivity index (χ0v) is 25.8. The zero-order chi connectivity index (χ0) is 30.4. The maximum Gasteiger partial charge on any atom is 0.224 e. The number of sulfone groups is 1. The van der Waals surface area contributed by atoms with Gasteiger partial charge >= 0.3 is 0 Å². The molecule has 41 heavy (non-hydrogen) atoms. The Morgan fingerprint density at radius 1 is 1.10 bits per heavy atom. The number of hydrogen-bond donors (Lipinski definition) is 4. The molecule has 2 rings (SSSR count). The lowest BCUT2D eigenvalue weighted by Crippen LogP contribution is -2.52. The second kappa shape index (κ2) is 17.6. The van der Waals surface area contributed by atoms with Crippen LogP contribution in [-0.4, -0.2) is 92.3 Å². The quantitative estimate of drug-likeness (QED) is 0.192. The Hall–Kier alpha value is -2.27. The van der Waals surface area contributed by atoms with Crippen molar-refractivity contribution in [3.63, 3.8) is 0 Å². The minimum Gasteiger partial charge on any atom is -0.390 e. The smallest absolute Gasteiger partial charge is 0.224 e. The Bertz CT molecular complexity index is 1040. The van der Waals surface area contributed by atoms with Crippen LogP contribution in [0.15, 0.2) is 43.0 Å². The molecule has 4 N–H and O–H groups in total. The highest BCUT2D eigenvalue weighted by atomic mass is 32.2. The van der Waals surface area contributed by atoms with E-state index in [-0.39, 0.29) is 36.8 Å². The summed E-state index contributed by atoms with van der Waals surface area (Å²) in [4.78, 5) is 28.2. The van der Waals surface area contributed by atoms with E-state index in [1.807, 2.05) is 30.3 Å². The molecule has 0 spiro atoms. The second-order valence-corrected chi connectivity index (χ2v) is 14.1. The Morgan fingerprint density at radius 2 is 1.76 bits per heavy atom. The molecule has 2 amide bonds. The predicted octanol–water partition coefficient (Wildman–Crippen LogP) is 2.33. The van der Waals surface area contributed by atoms with Crippen LogP contribution in [0.3, 0.4) is 0 Å². The maximum atomic E-state index is 13.2. The van der Waals surface area contributed by atoms with Gasteiger partial charge in [-0.05, 0) is 44.8 Å². The van der Waals surface area contributed by atoms with Gasteiger partial charge in [-0.25, -0.2) is 8.42 Å². The highest BCUT2D eigenvalue weighted by Crippen LogP contribution is 2.28. The highest BCUT2D eigenvalue weighted by Gasteiger charge is 2.32. The van der Waals surface area contributed by atoms with Gasteiger partial charge in [0.05, 0.1) is 35.5 Å². The fraction of sp³-hybridized carbons (Fsp3) is 0.677. The highest BCUT2D eigenvalue weighted by molar-refractivity contribution is 7.91. The van der Waals surface area contributed by atoms with Gasteiger partial charge in [0.25, 0.3) is 0 Å². The molecule has 5 unspecified atom stereocenters. The Balaban J connectivity index is 2.05. The number of nitrogens with one attached hydrogen (secondary N) is 2. The van der Waals surface area contributed by atoms with E-state index in [1.54, 1.807) is 25.9 Å². The molecule has 0 saturated heterocycles. The molecule has 0 aromatic heterocycles. The van der Waals surface area contributed by atoms with Gasteiger partial charge in [-0.1, -0.05) is 75.4 Å². The van der Waals surface area contributed by atoms with Crippen LogP contribution in [0.2, 0.25) is 0 Å². The van der Waals surface area contributed by atoms with Crippen molar-refractivity contribution < 1.29 is 28.2 Å².